The molecule has 1 aliphatic carbocycles. The summed E-state index contributed by atoms with van der Waals surface area (Å²) < 4.78 is 25.4. The first-order valence-electron chi connectivity index (χ1n) is 9.20. The fourth-order valence-corrected chi connectivity index (χ4v) is 4.01. The summed E-state index contributed by atoms with van der Waals surface area (Å²) in [7, 11) is 1.54. The molecule has 0 atom stereocenters. The highest BCUT2D eigenvalue weighted by atomic mass is 19.1. The average Bonchev–Trinajstić information content (AvgIpc) is 2.67. The van der Waals surface area contributed by atoms with Crippen LogP contribution < -0.4 is 5.43 Å². The Morgan fingerprint density at radius 3 is 2.37 bits per heavy atom. The van der Waals surface area contributed by atoms with E-state index in [0.717, 1.165) is 0 Å². The molecule has 27 heavy (non-hydrogen) atoms. The number of carbonyl (C=O) groups excluding carboxylic acids is 1. The second kappa shape index (κ2) is 7.14. The van der Waals surface area contributed by atoms with Crippen molar-refractivity contribution in [2.75, 3.05) is 7.11 Å². The monoisotopic (exact) mass is 370 g/mol. The number of fused-ring (bicyclic) bond motifs is 1. The molecule has 3 rings (SSSR count). The molecular formula is C22H23FO4. The van der Waals surface area contributed by atoms with Gasteiger partial charge in [-0.05, 0) is 31.4 Å². The molecule has 1 aliphatic rings. The molecule has 1 aromatic carbocycles. The van der Waals surface area contributed by atoms with Crippen LogP contribution in [0.5, 0.6) is 0 Å². The zero-order chi connectivity index (χ0) is 19.8. The summed E-state index contributed by atoms with van der Waals surface area (Å²) >= 11 is 0. The third-order valence-corrected chi connectivity index (χ3v) is 5.47. The van der Waals surface area contributed by atoms with E-state index in [9.17, 15) is 14.0 Å². The first-order chi connectivity index (χ1) is 12.9. The Morgan fingerprint density at radius 1 is 1.11 bits per heavy atom. The van der Waals surface area contributed by atoms with Crippen LogP contribution in [0.4, 0.5) is 4.39 Å². The van der Waals surface area contributed by atoms with Crippen LogP contribution in [0.15, 0.2) is 50.9 Å². The minimum atomic E-state index is -0.703. The van der Waals surface area contributed by atoms with Gasteiger partial charge in [-0.1, -0.05) is 32.9 Å². The molecule has 2 aromatic rings. The van der Waals surface area contributed by atoms with Gasteiger partial charge in [-0.15, -0.1) is 0 Å². The van der Waals surface area contributed by atoms with Gasteiger partial charge in [0.1, 0.15) is 28.7 Å². The molecule has 0 spiro atoms. The lowest BCUT2D eigenvalue weighted by Gasteiger charge is -2.37. The van der Waals surface area contributed by atoms with Crippen LogP contribution in [0.25, 0.3) is 11.3 Å². The van der Waals surface area contributed by atoms with Gasteiger partial charge in [0.25, 0.3) is 0 Å². The lowest BCUT2D eigenvalue weighted by molar-refractivity contribution is 0.0975. The molecule has 5 heteroatoms. The summed E-state index contributed by atoms with van der Waals surface area (Å²) in [6, 6.07) is 7.12. The van der Waals surface area contributed by atoms with E-state index in [0.29, 0.717) is 41.9 Å². The Bertz CT molecular complexity index is 980. The summed E-state index contributed by atoms with van der Waals surface area (Å²) in [5, 5.41) is 0. The molecule has 0 saturated heterocycles. The zero-order valence-corrected chi connectivity index (χ0v) is 16.0. The number of benzene rings is 1. The highest BCUT2D eigenvalue weighted by molar-refractivity contribution is 6.11. The maximum Gasteiger partial charge on any atom is 0.199 e. The summed E-state index contributed by atoms with van der Waals surface area (Å²) in [6.45, 7) is 5.82. The van der Waals surface area contributed by atoms with Crippen LogP contribution >= 0.6 is 0 Å². The Kier molecular flexibility index (Phi) is 5.05. The van der Waals surface area contributed by atoms with Crippen LogP contribution in [0.2, 0.25) is 0 Å². The molecule has 0 N–H and O–H groups in total. The number of methoxy groups -OCH3 is 1. The molecule has 1 heterocycles. The van der Waals surface area contributed by atoms with Crippen molar-refractivity contribution in [3.63, 3.8) is 0 Å². The first kappa shape index (κ1) is 19.1. The Labute approximate surface area is 157 Å². The number of Topliss-reactive ketones (excluding diaryl/α,β-unsaturated/α-hetero) is 1. The van der Waals surface area contributed by atoms with Crippen molar-refractivity contribution >= 4 is 5.78 Å². The van der Waals surface area contributed by atoms with E-state index in [2.05, 4.69) is 0 Å². The Morgan fingerprint density at radius 2 is 1.81 bits per heavy atom. The van der Waals surface area contributed by atoms with Gasteiger partial charge in [0.15, 0.2) is 11.2 Å². The fourth-order valence-electron chi connectivity index (χ4n) is 4.01. The molecule has 142 valence electrons. The lowest BCUT2D eigenvalue weighted by atomic mass is 9.69. The van der Waals surface area contributed by atoms with E-state index in [1.165, 1.54) is 25.3 Å². The largest absolute Gasteiger partial charge is 0.500 e. The number of rotatable bonds is 5. The van der Waals surface area contributed by atoms with E-state index >= 15 is 0 Å². The molecule has 0 radical (unpaired) electrons. The van der Waals surface area contributed by atoms with Crippen LogP contribution in [-0.4, -0.2) is 12.9 Å². The number of ketones is 1. The van der Waals surface area contributed by atoms with E-state index in [-0.39, 0.29) is 17.1 Å². The maximum atomic E-state index is 13.7. The number of hydrogen-bond donors (Lipinski definition) is 0. The highest BCUT2D eigenvalue weighted by Gasteiger charge is 2.47. The second-order valence-corrected chi connectivity index (χ2v) is 6.67. The third kappa shape index (κ3) is 2.82. The summed E-state index contributed by atoms with van der Waals surface area (Å²) in [5.74, 6) is 0.353. The number of ether oxygens (including phenoxy) is 1. The predicted octanol–water partition coefficient (Wildman–Crippen LogP) is 5.01. The van der Waals surface area contributed by atoms with Gasteiger partial charge >= 0.3 is 0 Å². The second-order valence-electron chi connectivity index (χ2n) is 6.67. The number of hydrogen-bond acceptors (Lipinski definition) is 4. The highest BCUT2D eigenvalue weighted by Crippen LogP contribution is 2.47. The number of halogens is 1. The van der Waals surface area contributed by atoms with Gasteiger partial charge in [0.05, 0.1) is 12.5 Å². The minimum absolute atomic E-state index is 0.0662. The van der Waals surface area contributed by atoms with Crippen molar-refractivity contribution in [3.8, 4) is 11.3 Å². The van der Waals surface area contributed by atoms with Crippen LogP contribution in [0.3, 0.4) is 0 Å². The predicted molar refractivity (Wildman–Crippen MR) is 101 cm³/mol. The van der Waals surface area contributed by atoms with Crippen molar-refractivity contribution in [3.05, 3.63) is 69.0 Å². The van der Waals surface area contributed by atoms with Crippen molar-refractivity contribution in [2.24, 2.45) is 0 Å². The quantitative estimate of drug-likeness (QED) is 0.742. The van der Waals surface area contributed by atoms with Crippen molar-refractivity contribution in [1.82, 2.24) is 0 Å². The Balaban J connectivity index is 2.37. The standard InChI is InChI=1S/C22H23FO4/c1-5-15-19(25)18-16(24)12-17(13-9-8-10-14(23)11-13)27-21(18)22(6-2,7-3)20(15)26-4/h8-12H,5-7H2,1-4H3. The topological polar surface area (TPSA) is 56.5 Å². The van der Waals surface area contributed by atoms with Gasteiger partial charge in [0, 0.05) is 17.2 Å². The van der Waals surface area contributed by atoms with Crippen molar-refractivity contribution in [1.29, 1.82) is 0 Å². The molecule has 0 amide bonds. The average molecular weight is 370 g/mol. The maximum absolute atomic E-state index is 13.7. The molecule has 0 fully saturated rings. The van der Waals surface area contributed by atoms with Gasteiger partial charge in [-0.2, -0.15) is 0 Å². The minimum Gasteiger partial charge on any atom is -0.500 e. The molecule has 0 unspecified atom stereocenters. The third-order valence-electron chi connectivity index (χ3n) is 5.47. The molecular weight excluding hydrogens is 347 g/mol. The van der Waals surface area contributed by atoms with Crippen molar-refractivity contribution in [2.45, 2.75) is 45.4 Å². The van der Waals surface area contributed by atoms with Crippen LogP contribution in [0, 0.1) is 5.82 Å². The summed E-state index contributed by atoms with van der Waals surface area (Å²) in [5.41, 5.74) is -0.0807. The first-order valence-corrected chi connectivity index (χ1v) is 9.20. The van der Waals surface area contributed by atoms with Gasteiger partial charge in [0.2, 0.25) is 0 Å². The van der Waals surface area contributed by atoms with Crippen molar-refractivity contribution < 1.29 is 18.3 Å². The SMILES string of the molecule is CCC1=C(OC)C(CC)(CC)c2oc(-c3cccc(F)c3)cc(=O)c2C1=O. The molecule has 1 aromatic heterocycles. The van der Waals surface area contributed by atoms with E-state index in [1.807, 2.05) is 20.8 Å². The van der Waals surface area contributed by atoms with Gasteiger partial charge in [-0.25, -0.2) is 4.39 Å². The van der Waals surface area contributed by atoms with E-state index in [1.54, 1.807) is 12.1 Å². The molecule has 0 aliphatic heterocycles. The zero-order valence-electron chi connectivity index (χ0n) is 16.0. The summed E-state index contributed by atoms with van der Waals surface area (Å²) in [6.07, 6.45) is 1.67. The van der Waals surface area contributed by atoms with Gasteiger partial charge in [-0.3, -0.25) is 9.59 Å². The number of carbonyl (C=O) groups is 1. The van der Waals surface area contributed by atoms with Crippen LogP contribution in [0.1, 0.15) is 56.2 Å². The smallest absolute Gasteiger partial charge is 0.199 e. The van der Waals surface area contributed by atoms with Crippen LogP contribution in [-0.2, 0) is 10.2 Å². The Hall–Kier alpha value is -2.69. The normalized spacial score (nSPS) is 15.7. The number of allylic oxidation sites excluding steroid dienone is 2. The molecule has 0 saturated carbocycles. The molecule has 0 bridgehead atoms. The molecule has 4 nitrogen and oxygen atoms in total. The van der Waals surface area contributed by atoms with Gasteiger partial charge < -0.3 is 9.15 Å². The van der Waals surface area contributed by atoms with E-state index in [4.69, 9.17) is 9.15 Å². The lowest BCUT2D eigenvalue weighted by Crippen LogP contribution is -2.39. The summed E-state index contributed by atoms with van der Waals surface area (Å²) in [4.78, 5) is 25.9. The fraction of sp³-hybridized carbons (Fsp3) is 0.364. The van der Waals surface area contributed by atoms with E-state index < -0.39 is 16.7 Å².